The van der Waals surface area contributed by atoms with E-state index in [1.807, 2.05) is 0 Å². The minimum absolute atomic E-state index is 0.144. The van der Waals surface area contributed by atoms with Gasteiger partial charge in [0.2, 0.25) is 11.7 Å². The number of amides is 1. The molecule has 0 saturated carbocycles. The van der Waals surface area contributed by atoms with Crippen LogP contribution in [0.4, 0.5) is 11.4 Å². The molecule has 30 heavy (non-hydrogen) atoms. The maximum atomic E-state index is 12.1. The summed E-state index contributed by atoms with van der Waals surface area (Å²) in [6.07, 6.45) is 2.77. The molecular formula is C20H19ClN4O5. The first-order chi connectivity index (χ1) is 14.5. The van der Waals surface area contributed by atoms with Crippen LogP contribution in [-0.4, -0.2) is 27.6 Å². The smallest absolute Gasteiger partial charge is 0.271 e. The average molecular weight is 431 g/mol. The van der Waals surface area contributed by atoms with Gasteiger partial charge in [0.25, 0.3) is 11.6 Å². The second kappa shape index (κ2) is 9.84. The van der Waals surface area contributed by atoms with Gasteiger partial charge < -0.3 is 14.6 Å². The lowest BCUT2D eigenvalue weighted by Gasteiger charge is -2.09. The molecule has 0 saturated heterocycles. The number of carbonyl (C=O) groups is 1. The minimum Gasteiger partial charge on any atom is -0.484 e. The molecule has 0 spiro atoms. The van der Waals surface area contributed by atoms with E-state index in [0.29, 0.717) is 17.5 Å². The molecule has 1 N–H and O–H groups in total. The van der Waals surface area contributed by atoms with Gasteiger partial charge in [0.15, 0.2) is 6.61 Å². The monoisotopic (exact) mass is 430 g/mol. The van der Waals surface area contributed by atoms with Gasteiger partial charge in [-0.05, 0) is 36.8 Å². The van der Waals surface area contributed by atoms with Crippen molar-refractivity contribution < 1.29 is 19.0 Å². The third kappa shape index (κ3) is 5.54. The highest BCUT2D eigenvalue weighted by atomic mass is 35.5. The Balaban J connectivity index is 1.56. The maximum Gasteiger partial charge on any atom is 0.271 e. The van der Waals surface area contributed by atoms with Crippen molar-refractivity contribution in [2.75, 3.05) is 11.9 Å². The van der Waals surface area contributed by atoms with Crippen LogP contribution in [0, 0.1) is 10.1 Å². The Bertz CT molecular complexity index is 1040. The Morgan fingerprint density at radius 1 is 1.27 bits per heavy atom. The Morgan fingerprint density at radius 2 is 2.03 bits per heavy atom. The zero-order valence-electron chi connectivity index (χ0n) is 16.1. The zero-order valence-corrected chi connectivity index (χ0v) is 16.9. The number of non-ortho nitro benzene ring substituents is 1. The van der Waals surface area contributed by atoms with Crippen LogP contribution in [-0.2, 0) is 11.2 Å². The number of ether oxygens (including phenoxy) is 1. The van der Waals surface area contributed by atoms with Gasteiger partial charge in [-0.2, -0.15) is 4.98 Å². The van der Waals surface area contributed by atoms with Crippen molar-refractivity contribution in [1.82, 2.24) is 10.1 Å². The first-order valence-corrected chi connectivity index (χ1v) is 9.63. The second-order valence-electron chi connectivity index (χ2n) is 6.40. The van der Waals surface area contributed by atoms with E-state index in [2.05, 4.69) is 22.4 Å². The van der Waals surface area contributed by atoms with Crippen LogP contribution in [0.5, 0.6) is 5.75 Å². The SMILES string of the molecule is CCCCc1nc(-c2ccc(OCC(=O)Nc3cc([N+](=O)[O-])ccc3Cl)cc2)no1. The number of rotatable bonds is 9. The topological polar surface area (TPSA) is 120 Å². The molecule has 1 heterocycles. The van der Waals surface area contributed by atoms with E-state index in [1.54, 1.807) is 24.3 Å². The molecule has 3 rings (SSSR count). The molecule has 0 aliphatic carbocycles. The third-order valence-electron chi connectivity index (χ3n) is 4.13. The number of nitrogens with zero attached hydrogens (tertiary/aromatic N) is 3. The molecule has 0 atom stereocenters. The molecule has 156 valence electrons. The Kier molecular flexibility index (Phi) is 6.97. The van der Waals surface area contributed by atoms with E-state index >= 15 is 0 Å². The Labute approximate surface area is 177 Å². The average Bonchev–Trinajstić information content (AvgIpc) is 3.21. The highest BCUT2D eigenvalue weighted by molar-refractivity contribution is 6.33. The summed E-state index contributed by atoms with van der Waals surface area (Å²) >= 11 is 5.97. The van der Waals surface area contributed by atoms with Crippen molar-refractivity contribution in [2.45, 2.75) is 26.2 Å². The summed E-state index contributed by atoms with van der Waals surface area (Å²) in [5.41, 5.74) is 0.734. The van der Waals surface area contributed by atoms with Gasteiger partial charge in [-0.3, -0.25) is 14.9 Å². The standard InChI is InChI=1S/C20H19ClN4O5/c1-2-3-4-19-23-20(24-30-19)13-5-8-15(9-6-13)29-12-18(26)22-17-11-14(25(27)28)7-10-16(17)21/h5-11H,2-4,12H2,1H3,(H,22,26). The molecule has 0 bridgehead atoms. The lowest BCUT2D eigenvalue weighted by atomic mass is 10.2. The van der Waals surface area contributed by atoms with Crippen LogP contribution in [0.2, 0.25) is 5.02 Å². The summed E-state index contributed by atoms with van der Waals surface area (Å²) in [6, 6.07) is 10.7. The minimum atomic E-state index is -0.569. The van der Waals surface area contributed by atoms with E-state index in [-0.39, 0.29) is 23.0 Å². The number of aryl methyl sites for hydroxylation is 1. The summed E-state index contributed by atoms with van der Waals surface area (Å²) in [4.78, 5) is 26.7. The quantitative estimate of drug-likeness (QED) is 0.387. The number of hydrogen-bond donors (Lipinski definition) is 1. The van der Waals surface area contributed by atoms with Crippen molar-refractivity contribution in [3.63, 3.8) is 0 Å². The van der Waals surface area contributed by atoms with Crippen molar-refractivity contribution in [3.05, 3.63) is 63.5 Å². The fraction of sp³-hybridized carbons (Fsp3) is 0.250. The molecule has 3 aromatic rings. The third-order valence-corrected chi connectivity index (χ3v) is 4.46. The molecule has 1 amide bonds. The van der Waals surface area contributed by atoms with Crippen LogP contribution < -0.4 is 10.1 Å². The lowest BCUT2D eigenvalue weighted by molar-refractivity contribution is -0.384. The summed E-state index contributed by atoms with van der Waals surface area (Å²) in [6.45, 7) is 1.80. The van der Waals surface area contributed by atoms with Crippen molar-refractivity contribution in [2.24, 2.45) is 0 Å². The second-order valence-corrected chi connectivity index (χ2v) is 6.80. The summed E-state index contributed by atoms with van der Waals surface area (Å²) in [5.74, 6) is 1.06. The number of nitro groups is 1. The number of carbonyl (C=O) groups excluding carboxylic acids is 1. The molecule has 1 aromatic heterocycles. The molecule has 0 unspecified atom stereocenters. The molecule has 2 aromatic carbocycles. The maximum absolute atomic E-state index is 12.1. The summed E-state index contributed by atoms with van der Waals surface area (Å²) in [5, 5.41) is 17.5. The normalized spacial score (nSPS) is 10.6. The number of aromatic nitrogens is 2. The van der Waals surface area contributed by atoms with E-state index in [1.165, 1.54) is 18.2 Å². The van der Waals surface area contributed by atoms with Crippen LogP contribution in [0.1, 0.15) is 25.7 Å². The van der Waals surface area contributed by atoms with Crippen molar-refractivity contribution >= 4 is 28.9 Å². The van der Waals surface area contributed by atoms with Crippen molar-refractivity contribution in [1.29, 1.82) is 0 Å². The fourth-order valence-corrected chi connectivity index (χ4v) is 2.72. The number of nitro benzene ring substituents is 1. The van der Waals surface area contributed by atoms with Gasteiger partial charge in [0, 0.05) is 24.1 Å². The first kappa shape index (κ1) is 21.3. The number of anilines is 1. The van der Waals surface area contributed by atoms with Gasteiger partial charge in [-0.15, -0.1) is 0 Å². The molecular weight excluding hydrogens is 412 g/mol. The Morgan fingerprint density at radius 3 is 2.73 bits per heavy atom. The summed E-state index contributed by atoms with van der Waals surface area (Å²) in [7, 11) is 0. The number of benzene rings is 2. The van der Waals surface area contributed by atoms with Crippen LogP contribution in [0.3, 0.4) is 0 Å². The number of halogens is 1. The highest BCUT2D eigenvalue weighted by Gasteiger charge is 2.13. The first-order valence-electron chi connectivity index (χ1n) is 9.26. The lowest BCUT2D eigenvalue weighted by Crippen LogP contribution is -2.20. The van der Waals surface area contributed by atoms with Gasteiger partial charge >= 0.3 is 0 Å². The van der Waals surface area contributed by atoms with E-state index in [9.17, 15) is 14.9 Å². The van der Waals surface area contributed by atoms with Crippen LogP contribution in [0.25, 0.3) is 11.4 Å². The van der Waals surface area contributed by atoms with E-state index in [4.69, 9.17) is 20.9 Å². The van der Waals surface area contributed by atoms with Crippen LogP contribution in [0.15, 0.2) is 47.0 Å². The highest BCUT2D eigenvalue weighted by Crippen LogP contribution is 2.26. The predicted octanol–water partition coefficient (Wildman–Crippen LogP) is 4.66. The molecule has 0 fully saturated rings. The Hall–Kier alpha value is -3.46. The fourth-order valence-electron chi connectivity index (χ4n) is 2.56. The number of unbranched alkanes of at least 4 members (excludes halogenated alkanes) is 1. The van der Waals surface area contributed by atoms with Crippen molar-refractivity contribution in [3.8, 4) is 17.1 Å². The van der Waals surface area contributed by atoms with Gasteiger partial charge in [-0.1, -0.05) is 30.1 Å². The largest absolute Gasteiger partial charge is 0.484 e. The predicted molar refractivity (Wildman–Crippen MR) is 111 cm³/mol. The molecule has 0 aliphatic rings. The van der Waals surface area contributed by atoms with Gasteiger partial charge in [0.05, 0.1) is 15.6 Å². The molecule has 9 nitrogen and oxygen atoms in total. The molecule has 0 radical (unpaired) electrons. The van der Waals surface area contributed by atoms with Crippen LogP contribution >= 0.6 is 11.6 Å². The zero-order chi connectivity index (χ0) is 21.5. The van der Waals surface area contributed by atoms with Gasteiger partial charge in [0.1, 0.15) is 5.75 Å². The number of nitrogens with one attached hydrogen (secondary N) is 1. The van der Waals surface area contributed by atoms with E-state index < -0.39 is 10.8 Å². The molecule has 0 aliphatic heterocycles. The van der Waals surface area contributed by atoms with Gasteiger partial charge in [-0.25, -0.2) is 0 Å². The molecule has 10 heteroatoms. The number of hydrogen-bond acceptors (Lipinski definition) is 7. The van der Waals surface area contributed by atoms with E-state index in [0.717, 1.165) is 24.8 Å². The summed E-state index contributed by atoms with van der Waals surface area (Å²) < 4.78 is 10.7.